The number of hydrogen-bond acceptors (Lipinski definition) is 3. The van der Waals surface area contributed by atoms with Crippen LogP contribution in [0.3, 0.4) is 0 Å². The molecule has 2 unspecified atom stereocenters. The summed E-state index contributed by atoms with van der Waals surface area (Å²) in [6, 6.07) is 7.41. The molecule has 0 amide bonds. The highest BCUT2D eigenvalue weighted by atomic mass is 32.2. The van der Waals surface area contributed by atoms with Crippen LogP contribution in [-0.4, -0.2) is 16.6 Å². The fourth-order valence-electron chi connectivity index (χ4n) is 1.90. The second kappa shape index (κ2) is 7.14. The van der Waals surface area contributed by atoms with Gasteiger partial charge in [0, 0.05) is 11.7 Å². The van der Waals surface area contributed by atoms with E-state index >= 15 is 0 Å². The van der Waals surface area contributed by atoms with E-state index in [0.717, 1.165) is 17.7 Å². The molecule has 2 rings (SSSR count). The zero-order valence-electron chi connectivity index (χ0n) is 10.7. The quantitative estimate of drug-likeness (QED) is 0.890. The van der Waals surface area contributed by atoms with Crippen molar-refractivity contribution in [3.8, 4) is 11.8 Å². The second-order valence-corrected chi connectivity index (χ2v) is 4.84. The Hall–Kier alpha value is -1.38. The molecule has 2 atom stereocenters. The minimum atomic E-state index is -1.30. The molecule has 0 spiro atoms. The molecule has 0 bridgehead atoms. The number of nitrogens with zero attached hydrogens (tertiary/aromatic N) is 1. The number of fused-ring (bicyclic) bond motifs is 1. The van der Waals surface area contributed by atoms with Crippen LogP contribution in [0, 0.1) is 11.3 Å². The Morgan fingerprint density at radius 2 is 2.28 bits per heavy atom. The molecule has 98 valence electrons. The molecule has 1 aromatic carbocycles. The van der Waals surface area contributed by atoms with Crippen LogP contribution < -0.4 is 9.88 Å². The van der Waals surface area contributed by atoms with Crippen LogP contribution in [0.4, 0.5) is 0 Å². The summed E-state index contributed by atoms with van der Waals surface area (Å²) in [4.78, 5) is 0. The topological polar surface area (TPSA) is 76.1 Å². The van der Waals surface area contributed by atoms with Crippen molar-refractivity contribution in [2.45, 2.75) is 26.2 Å². The van der Waals surface area contributed by atoms with Gasteiger partial charge in [-0.05, 0) is 24.1 Å². The van der Waals surface area contributed by atoms with E-state index in [2.05, 4.69) is 6.07 Å². The number of hydrogen-bond donors (Lipinski definition) is 1. The van der Waals surface area contributed by atoms with Crippen LogP contribution in [0.5, 0.6) is 5.75 Å². The third-order valence-corrected chi connectivity index (χ3v) is 3.40. The van der Waals surface area contributed by atoms with Crippen molar-refractivity contribution in [3.63, 3.8) is 0 Å². The molecule has 1 aliphatic heterocycles. The molecule has 0 saturated heterocycles. The lowest BCUT2D eigenvalue weighted by Crippen LogP contribution is -2.21. The lowest BCUT2D eigenvalue weighted by molar-refractivity contribution is 0.273. The van der Waals surface area contributed by atoms with Gasteiger partial charge in [-0.15, -0.1) is 0 Å². The van der Waals surface area contributed by atoms with Gasteiger partial charge in [-0.3, -0.25) is 5.14 Å². The summed E-state index contributed by atoms with van der Waals surface area (Å²) < 4.78 is 16.5. The first-order chi connectivity index (χ1) is 8.70. The molecule has 2 N–H and O–H groups in total. The molecule has 0 fully saturated rings. The van der Waals surface area contributed by atoms with Gasteiger partial charge in [0.25, 0.3) is 0 Å². The SMILES string of the molecule is CC.N#Cc1ccc2c(c1)OCCC2CS(N)=O. The van der Waals surface area contributed by atoms with Crippen LogP contribution in [0.25, 0.3) is 0 Å². The normalized spacial score (nSPS) is 18.4. The van der Waals surface area contributed by atoms with Crippen LogP contribution in [0.15, 0.2) is 18.2 Å². The summed E-state index contributed by atoms with van der Waals surface area (Å²) in [6.07, 6.45) is 0.821. The van der Waals surface area contributed by atoms with Crippen molar-refractivity contribution < 1.29 is 8.95 Å². The monoisotopic (exact) mass is 266 g/mol. The van der Waals surface area contributed by atoms with E-state index in [4.69, 9.17) is 15.1 Å². The van der Waals surface area contributed by atoms with Crippen LogP contribution in [-0.2, 0) is 11.0 Å². The number of rotatable bonds is 2. The maximum absolute atomic E-state index is 11.0. The highest BCUT2D eigenvalue weighted by Crippen LogP contribution is 2.34. The van der Waals surface area contributed by atoms with E-state index in [1.807, 2.05) is 19.9 Å². The average molecular weight is 266 g/mol. The largest absolute Gasteiger partial charge is 0.493 e. The minimum Gasteiger partial charge on any atom is -0.493 e. The smallest absolute Gasteiger partial charge is 0.124 e. The van der Waals surface area contributed by atoms with E-state index in [-0.39, 0.29) is 5.92 Å². The van der Waals surface area contributed by atoms with Gasteiger partial charge in [-0.25, -0.2) is 4.21 Å². The number of nitrogens with two attached hydrogens (primary N) is 1. The van der Waals surface area contributed by atoms with Crippen molar-refractivity contribution in [2.24, 2.45) is 5.14 Å². The zero-order valence-corrected chi connectivity index (χ0v) is 11.5. The summed E-state index contributed by atoms with van der Waals surface area (Å²) in [5.41, 5.74) is 1.58. The first-order valence-electron chi connectivity index (χ1n) is 6.00. The van der Waals surface area contributed by atoms with E-state index < -0.39 is 11.0 Å². The molecule has 1 heterocycles. The lowest BCUT2D eigenvalue weighted by Gasteiger charge is -2.25. The summed E-state index contributed by atoms with van der Waals surface area (Å²) in [6.45, 7) is 4.59. The first-order valence-corrected chi connectivity index (χ1v) is 7.38. The van der Waals surface area contributed by atoms with Gasteiger partial charge in [-0.2, -0.15) is 5.26 Å². The number of ether oxygens (including phenoxy) is 1. The van der Waals surface area contributed by atoms with Crippen LogP contribution in [0.1, 0.15) is 37.3 Å². The van der Waals surface area contributed by atoms with Gasteiger partial charge in [0.15, 0.2) is 0 Å². The summed E-state index contributed by atoms with van der Waals surface area (Å²) in [5.74, 6) is 1.34. The molecule has 0 saturated carbocycles. The van der Waals surface area contributed by atoms with E-state index in [9.17, 15) is 4.21 Å². The number of benzene rings is 1. The van der Waals surface area contributed by atoms with E-state index in [0.29, 0.717) is 17.9 Å². The third kappa shape index (κ3) is 3.56. The Morgan fingerprint density at radius 3 is 2.89 bits per heavy atom. The molecule has 1 aliphatic rings. The highest BCUT2D eigenvalue weighted by Gasteiger charge is 2.22. The van der Waals surface area contributed by atoms with Crippen LogP contribution in [0.2, 0.25) is 0 Å². The summed E-state index contributed by atoms with van der Waals surface area (Å²) in [5, 5.41) is 14.1. The van der Waals surface area contributed by atoms with Gasteiger partial charge in [0.1, 0.15) is 5.75 Å². The standard InChI is InChI=1S/C11H12N2O2S.C2H6/c12-6-8-1-2-10-9(7-16(13)14)3-4-15-11(10)5-8;1-2/h1-2,5,9H,3-4,7,13H2;1-2H3. The van der Waals surface area contributed by atoms with Gasteiger partial charge in [0.2, 0.25) is 0 Å². The Balaban J connectivity index is 0.000000771. The third-order valence-electron chi connectivity index (χ3n) is 2.67. The van der Waals surface area contributed by atoms with Crippen molar-refractivity contribution in [1.82, 2.24) is 0 Å². The molecule has 0 aliphatic carbocycles. The van der Waals surface area contributed by atoms with Gasteiger partial charge < -0.3 is 4.74 Å². The van der Waals surface area contributed by atoms with Crippen molar-refractivity contribution in [2.75, 3.05) is 12.4 Å². The summed E-state index contributed by atoms with van der Waals surface area (Å²) in [7, 11) is -1.30. The molecule has 0 radical (unpaired) electrons. The Labute approximate surface area is 110 Å². The van der Waals surface area contributed by atoms with Crippen molar-refractivity contribution >= 4 is 11.0 Å². The molecule has 1 aromatic rings. The fraction of sp³-hybridized carbons (Fsp3) is 0.462. The molecule has 0 aromatic heterocycles. The van der Waals surface area contributed by atoms with Gasteiger partial charge in [-0.1, -0.05) is 19.9 Å². The Kier molecular flexibility index (Phi) is 5.83. The fourth-order valence-corrected chi connectivity index (χ4v) is 2.65. The molecular weight excluding hydrogens is 248 g/mol. The lowest BCUT2D eigenvalue weighted by atomic mass is 9.94. The minimum absolute atomic E-state index is 0.169. The zero-order chi connectivity index (χ0) is 13.5. The first kappa shape index (κ1) is 14.7. The maximum atomic E-state index is 11.0. The highest BCUT2D eigenvalue weighted by molar-refractivity contribution is 7.82. The van der Waals surface area contributed by atoms with Crippen molar-refractivity contribution in [1.29, 1.82) is 5.26 Å². The Bertz CT molecular complexity index is 469. The number of nitriles is 1. The van der Waals surface area contributed by atoms with Crippen molar-refractivity contribution in [3.05, 3.63) is 29.3 Å². The van der Waals surface area contributed by atoms with Gasteiger partial charge in [0.05, 0.1) is 29.2 Å². The predicted molar refractivity (Wildman–Crippen MR) is 72.6 cm³/mol. The van der Waals surface area contributed by atoms with Gasteiger partial charge >= 0.3 is 0 Å². The molecule has 4 nitrogen and oxygen atoms in total. The average Bonchev–Trinajstić information content (AvgIpc) is 2.40. The summed E-state index contributed by atoms with van der Waals surface area (Å²) >= 11 is 0. The molecule has 18 heavy (non-hydrogen) atoms. The van der Waals surface area contributed by atoms with Crippen LogP contribution >= 0.6 is 0 Å². The Morgan fingerprint density at radius 1 is 1.56 bits per heavy atom. The molecular formula is C13H18N2O2S. The maximum Gasteiger partial charge on any atom is 0.124 e. The second-order valence-electron chi connectivity index (χ2n) is 3.75. The predicted octanol–water partition coefficient (Wildman–Crippen LogP) is 2.07. The molecule has 5 heteroatoms. The van der Waals surface area contributed by atoms with E-state index in [1.54, 1.807) is 12.1 Å². The van der Waals surface area contributed by atoms with E-state index in [1.165, 1.54) is 0 Å².